The predicted octanol–water partition coefficient (Wildman–Crippen LogP) is 14.2. The van der Waals surface area contributed by atoms with Crippen LogP contribution >= 0.6 is 0 Å². The summed E-state index contributed by atoms with van der Waals surface area (Å²) in [7, 11) is 0. The van der Waals surface area contributed by atoms with Gasteiger partial charge in [-0.2, -0.15) is 0 Å². The Morgan fingerprint density at radius 1 is 0.509 bits per heavy atom. The lowest BCUT2D eigenvalue weighted by Gasteiger charge is -2.24. The number of hydrogen-bond acceptors (Lipinski definition) is 5. The van der Waals surface area contributed by atoms with Gasteiger partial charge in [-0.15, -0.1) is 0 Å². The van der Waals surface area contributed by atoms with E-state index in [1.807, 2.05) is 0 Å². The van der Waals surface area contributed by atoms with Gasteiger partial charge < -0.3 is 20.3 Å². The molecule has 1 amide bonds. The molecule has 0 aromatic rings. The van der Waals surface area contributed by atoms with E-state index in [4.69, 9.17) is 4.74 Å². The van der Waals surface area contributed by atoms with Gasteiger partial charge in [0.1, 0.15) is 6.10 Å². The molecule has 55 heavy (non-hydrogen) atoms. The maximum absolute atomic E-state index is 13.1. The van der Waals surface area contributed by atoms with Crippen LogP contribution in [0.5, 0.6) is 0 Å². The van der Waals surface area contributed by atoms with Gasteiger partial charge in [0.25, 0.3) is 0 Å². The Bertz CT molecular complexity index is 832. The summed E-state index contributed by atoms with van der Waals surface area (Å²) >= 11 is 0. The summed E-state index contributed by atoms with van der Waals surface area (Å²) < 4.78 is 5.91. The van der Waals surface area contributed by atoms with Crippen LogP contribution in [0.2, 0.25) is 0 Å². The Labute approximate surface area is 342 Å². The average molecular weight is 778 g/mol. The molecule has 0 spiro atoms. The molecule has 0 bridgehead atoms. The molecule has 0 heterocycles. The number of carbonyl (C=O) groups is 2. The molecular weight excluding hydrogens is 683 g/mol. The normalized spacial score (nSPS) is 13.3. The summed E-state index contributed by atoms with van der Waals surface area (Å²) in [5, 5.41) is 23.6. The fraction of sp³-hybridized carbons (Fsp3) is 0.918. The van der Waals surface area contributed by atoms with Crippen molar-refractivity contribution >= 4 is 11.9 Å². The first-order chi connectivity index (χ1) is 27.0. The van der Waals surface area contributed by atoms with E-state index in [2.05, 4.69) is 38.2 Å². The summed E-state index contributed by atoms with van der Waals surface area (Å²) in [6.07, 6.45) is 47.1. The zero-order chi connectivity index (χ0) is 40.3. The van der Waals surface area contributed by atoms with Gasteiger partial charge in [-0.05, 0) is 44.9 Å². The fourth-order valence-corrected chi connectivity index (χ4v) is 7.61. The lowest BCUT2D eigenvalue weighted by molar-refractivity contribution is -0.151. The number of hydrogen-bond donors (Lipinski definition) is 3. The van der Waals surface area contributed by atoms with Gasteiger partial charge in [0.15, 0.2) is 0 Å². The number of rotatable bonds is 44. The van der Waals surface area contributed by atoms with Crippen molar-refractivity contribution in [1.82, 2.24) is 5.32 Å². The Morgan fingerprint density at radius 3 is 1.36 bits per heavy atom. The second-order valence-corrected chi connectivity index (χ2v) is 16.9. The third-order valence-electron chi connectivity index (χ3n) is 11.3. The van der Waals surface area contributed by atoms with Gasteiger partial charge in [0, 0.05) is 6.42 Å². The highest BCUT2D eigenvalue weighted by atomic mass is 16.5. The molecule has 0 radical (unpaired) electrons. The van der Waals surface area contributed by atoms with Crippen LogP contribution in [0, 0.1) is 0 Å². The zero-order valence-electron chi connectivity index (χ0n) is 37.1. The standard InChI is InChI=1S/C49H95NO5/c1-4-7-10-13-16-19-21-22-23-24-25-26-27-29-31-34-37-40-45(55-49(54)42-39-36-33-30-20-17-14-11-8-5-2)43-48(53)50-46(44-51)47(52)41-38-35-32-28-18-15-12-9-6-3/h11,14,45-47,51-52H,4-10,12-13,15-44H2,1-3H3,(H,50,53)/b14-11-. The highest BCUT2D eigenvalue weighted by Gasteiger charge is 2.24. The van der Waals surface area contributed by atoms with Crippen molar-refractivity contribution in [3.05, 3.63) is 12.2 Å². The SMILES string of the molecule is CCC/C=C\CCCCCCCC(=O)OC(CCCCCCCCCCCCCCCCCCC)CC(=O)NC(CO)C(O)CCCCCCCCCCC. The van der Waals surface area contributed by atoms with Gasteiger partial charge in [0.05, 0.1) is 25.2 Å². The van der Waals surface area contributed by atoms with Crippen LogP contribution < -0.4 is 5.32 Å². The number of aliphatic hydroxyl groups excluding tert-OH is 2. The van der Waals surface area contributed by atoms with Gasteiger partial charge in [-0.3, -0.25) is 9.59 Å². The van der Waals surface area contributed by atoms with Crippen molar-refractivity contribution in [3.63, 3.8) is 0 Å². The van der Waals surface area contributed by atoms with Crippen LogP contribution in [0.15, 0.2) is 12.2 Å². The molecule has 326 valence electrons. The quantitative estimate of drug-likeness (QED) is 0.0325. The van der Waals surface area contributed by atoms with Crippen molar-refractivity contribution in [2.75, 3.05) is 6.61 Å². The molecule has 0 aromatic carbocycles. The fourth-order valence-electron chi connectivity index (χ4n) is 7.61. The molecule has 0 aliphatic carbocycles. The zero-order valence-corrected chi connectivity index (χ0v) is 37.1. The van der Waals surface area contributed by atoms with E-state index < -0.39 is 18.2 Å². The monoisotopic (exact) mass is 778 g/mol. The second-order valence-electron chi connectivity index (χ2n) is 16.9. The van der Waals surface area contributed by atoms with Crippen molar-refractivity contribution < 1.29 is 24.5 Å². The van der Waals surface area contributed by atoms with Crippen molar-refractivity contribution in [2.45, 2.75) is 283 Å². The molecule has 6 heteroatoms. The highest BCUT2D eigenvalue weighted by molar-refractivity contribution is 5.77. The molecule has 0 aliphatic rings. The third kappa shape index (κ3) is 39.2. The molecule has 0 saturated carbocycles. The van der Waals surface area contributed by atoms with Crippen LogP contribution in [0.1, 0.15) is 265 Å². The molecule has 6 nitrogen and oxygen atoms in total. The first-order valence-electron chi connectivity index (χ1n) is 24.4. The molecule has 0 saturated heterocycles. The molecule has 0 rings (SSSR count). The van der Waals surface area contributed by atoms with E-state index in [1.54, 1.807) is 0 Å². The number of allylic oxidation sites excluding steroid dienone is 2. The van der Waals surface area contributed by atoms with Crippen LogP contribution in [0.3, 0.4) is 0 Å². The third-order valence-corrected chi connectivity index (χ3v) is 11.3. The van der Waals surface area contributed by atoms with E-state index in [0.717, 1.165) is 64.2 Å². The number of esters is 1. The van der Waals surface area contributed by atoms with Gasteiger partial charge >= 0.3 is 5.97 Å². The van der Waals surface area contributed by atoms with Crippen molar-refractivity contribution in [3.8, 4) is 0 Å². The molecule has 3 N–H and O–H groups in total. The number of unbranched alkanes of at least 4 members (excludes halogenated alkanes) is 30. The molecular formula is C49H95NO5. The van der Waals surface area contributed by atoms with E-state index in [0.29, 0.717) is 19.3 Å². The number of aliphatic hydroxyl groups is 2. The lowest BCUT2D eigenvalue weighted by atomic mass is 10.0. The maximum Gasteiger partial charge on any atom is 0.306 e. The lowest BCUT2D eigenvalue weighted by Crippen LogP contribution is -2.46. The number of ether oxygens (including phenoxy) is 1. The van der Waals surface area contributed by atoms with E-state index >= 15 is 0 Å². The van der Waals surface area contributed by atoms with Gasteiger partial charge in [0.2, 0.25) is 5.91 Å². The minimum absolute atomic E-state index is 0.0808. The molecule has 0 fully saturated rings. The van der Waals surface area contributed by atoms with Crippen LogP contribution in [0.4, 0.5) is 0 Å². The first-order valence-corrected chi connectivity index (χ1v) is 24.4. The second kappa shape index (κ2) is 43.7. The summed E-state index contributed by atoms with van der Waals surface area (Å²) in [4.78, 5) is 26.0. The Morgan fingerprint density at radius 2 is 0.909 bits per heavy atom. The molecule has 0 aliphatic heterocycles. The Hall–Kier alpha value is -1.40. The summed E-state index contributed by atoms with van der Waals surface area (Å²) in [6, 6.07) is -0.694. The predicted molar refractivity (Wildman–Crippen MR) is 237 cm³/mol. The number of carbonyl (C=O) groups excluding carboxylic acids is 2. The van der Waals surface area contributed by atoms with E-state index in [9.17, 15) is 19.8 Å². The average Bonchev–Trinajstić information content (AvgIpc) is 3.18. The topological polar surface area (TPSA) is 95.9 Å². The smallest absolute Gasteiger partial charge is 0.306 e. The Balaban J connectivity index is 4.51. The first kappa shape index (κ1) is 53.6. The van der Waals surface area contributed by atoms with Crippen molar-refractivity contribution in [2.24, 2.45) is 0 Å². The molecule has 3 unspecified atom stereocenters. The summed E-state index contributed by atoms with van der Waals surface area (Å²) in [5.41, 5.74) is 0. The molecule has 3 atom stereocenters. The van der Waals surface area contributed by atoms with Crippen LogP contribution in [0.25, 0.3) is 0 Å². The van der Waals surface area contributed by atoms with E-state index in [-0.39, 0.29) is 24.9 Å². The largest absolute Gasteiger partial charge is 0.462 e. The van der Waals surface area contributed by atoms with Crippen molar-refractivity contribution in [1.29, 1.82) is 0 Å². The summed E-state index contributed by atoms with van der Waals surface area (Å²) in [5.74, 6) is -0.473. The number of amides is 1. The minimum atomic E-state index is -0.781. The summed E-state index contributed by atoms with van der Waals surface area (Å²) in [6.45, 7) is 6.42. The Kier molecular flexibility index (Phi) is 42.6. The molecule has 0 aromatic heterocycles. The van der Waals surface area contributed by atoms with Crippen LogP contribution in [-0.2, 0) is 14.3 Å². The van der Waals surface area contributed by atoms with Crippen LogP contribution in [-0.4, -0.2) is 46.9 Å². The van der Waals surface area contributed by atoms with E-state index in [1.165, 1.54) is 154 Å². The minimum Gasteiger partial charge on any atom is -0.462 e. The van der Waals surface area contributed by atoms with Gasteiger partial charge in [-0.1, -0.05) is 219 Å². The highest BCUT2D eigenvalue weighted by Crippen LogP contribution is 2.18. The number of nitrogens with one attached hydrogen (secondary N) is 1. The maximum atomic E-state index is 13.1. The van der Waals surface area contributed by atoms with Gasteiger partial charge in [-0.25, -0.2) is 0 Å².